The zero-order valence-corrected chi connectivity index (χ0v) is 13.4. The summed E-state index contributed by atoms with van der Waals surface area (Å²) >= 11 is 9.26. The summed E-state index contributed by atoms with van der Waals surface area (Å²) in [5.41, 5.74) is 0. The van der Waals surface area contributed by atoms with E-state index in [0.717, 1.165) is 0 Å². The first kappa shape index (κ1) is 15.3. The fraction of sp³-hybridized carbons (Fsp3) is 0.500. The summed E-state index contributed by atoms with van der Waals surface area (Å²) in [6, 6.07) is 4.93. The molecule has 0 spiro atoms. The Bertz CT molecular complexity index is 536. The number of halogens is 2. The van der Waals surface area contributed by atoms with E-state index in [1.807, 2.05) is 0 Å². The van der Waals surface area contributed by atoms with E-state index in [-0.39, 0.29) is 22.4 Å². The van der Waals surface area contributed by atoms with Gasteiger partial charge in [0.1, 0.15) is 4.90 Å². The molecule has 0 bridgehead atoms. The van der Waals surface area contributed by atoms with Crippen LogP contribution in [0.25, 0.3) is 0 Å². The third kappa shape index (κ3) is 3.13. The molecular formula is C12H15BrClNO3S. The standard InChI is InChI=1S/C12H15BrClNO3S/c13-10-2-1-3-11(14)12(10)19(17,18)15-6-4-9(8-16)5-7-15/h1-3,9,16H,4-8H2. The Morgan fingerprint density at radius 3 is 2.53 bits per heavy atom. The van der Waals surface area contributed by atoms with Crippen molar-refractivity contribution >= 4 is 37.6 Å². The summed E-state index contributed by atoms with van der Waals surface area (Å²) < 4.78 is 27.1. The van der Waals surface area contributed by atoms with Crippen LogP contribution >= 0.6 is 27.5 Å². The lowest BCUT2D eigenvalue weighted by molar-refractivity contribution is 0.170. The minimum absolute atomic E-state index is 0.115. The van der Waals surface area contributed by atoms with Crippen molar-refractivity contribution in [3.63, 3.8) is 0 Å². The van der Waals surface area contributed by atoms with Crippen LogP contribution in [-0.4, -0.2) is 37.5 Å². The van der Waals surface area contributed by atoms with Gasteiger partial charge in [0.2, 0.25) is 10.0 Å². The predicted octanol–water partition coefficient (Wildman–Crippen LogP) is 2.50. The molecule has 1 heterocycles. The van der Waals surface area contributed by atoms with Crippen LogP contribution in [-0.2, 0) is 10.0 Å². The van der Waals surface area contributed by atoms with E-state index >= 15 is 0 Å². The van der Waals surface area contributed by atoms with E-state index in [9.17, 15) is 8.42 Å². The largest absolute Gasteiger partial charge is 0.396 e. The Labute approximate surface area is 126 Å². The lowest BCUT2D eigenvalue weighted by Crippen LogP contribution is -2.39. The van der Waals surface area contributed by atoms with Crippen LogP contribution in [0.3, 0.4) is 0 Å². The summed E-state index contributed by atoms with van der Waals surface area (Å²) in [5.74, 6) is 0.195. The topological polar surface area (TPSA) is 57.6 Å². The molecule has 1 aromatic carbocycles. The monoisotopic (exact) mass is 367 g/mol. The van der Waals surface area contributed by atoms with Crippen LogP contribution in [0.15, 0.2) is 27.6 Å². The number of piperidine rings is 1. The molecule has 0 saturated carbocycles. The third-order valence-electron chi connectivity index (χ3n) is 3.35. The lowest BCUT2D eigenvalue weighted by Gasteiger charge is -2.30. The average molecular weight is 369 g/mol. The first-order valence-electron chi connectivity index (χ1n) is 6.02. The van der Waals surface area contributed by atoms with Crippen LogP contribution in [0.5, 0.6) is 0 Å². The molecule has 0 amide bonds. The second-order valence-corrected chi connectivity index (χ2v) is 7.72. The Kier molecular flexibility index (Phi) is 4.89. The highest BCUT2D eigenvalue weighted by atomic mass is 79.9. The maximum absolute atomic E-state index is 12.6. The minimum atomic E-state index is -3.58. The van der Waals surface area contributed by atoms with Crippen molar-refractivity contribution < 1.29 is 13.5 Å². The van der Waals surface area contributed by atoms with Gasteiger partial charge in [-0.1, -0.05) is 17.7 Å². The van der Waals surface area contributed by atoms with Gasteiger partial charge in [-0.15, -0.1) is 0 Å². The van der Waals surface area contributed by atoms with Gasteiger partial charge in [-0.25, -0.2) is 8.42 Å². The average Bonchev–Trinajstić information content (AvgIpc) is 2.38. The maximum Gasteiger partial charge on any atom is 0.245 e. The second kappa shape index (κ2) is 6.10. The first-order valence-corrected chi connectivity index (χ1v) is 8.63. The highest BCUT2D eigenvalue weighted by Gasteiger charge is 2.31. The van der Waals surface area contributed by atoms with Gasteiger partial charge in [0.25, 0.3) is 0 Å². The molecule has 1 aromatic rings. The lowest BCUT2D eigenvalue weighted by atomic mass is 10.00. The molecule has 106 valence electrons. The molecule has 1 aliphatic rings. The number of nitrogens with zero attached hydrogens (tertiary/aromatic N) is 1. The van der Waals surface area contributed by atoms with E-state index < -0.39 is 10.0 Å². The highest BCUT2D eigenvalue weighted by molar-refractivity contribution is 9.10. The zero-order valence-electron chi connectivity index (χ0n) is 10.2. The molecule has 0 aliphatic carbocycles. The minimum Gasteiger partial charge on any atom is -0.396 e. The van der Waals surface area contributed by atoms with Crippen molar-refractivity contribution in [2.24, 2.45) is 5.92 Å². The number of hydrogen-bond donors (Lipinski definition) is 1. The maximum atomic E-state index is 12.6. The van der Waals surface area contributed by atoms with Crippen LogP contribution in [0, 0.1) is 5.92 Å². The van der Waals surface area contributed by atoms with Crippen LogP contribution in [0.4, 0.5) is 0 Å². The van der Waals surface area contributed by atoms with Gasteiger partial charge in [-0.3, -0.25) is 0 Å². The summed E-state index contributed by atoms with van der Waals surface area (Å²) in [6.45, 7) is 0.958. The molecule has 19 heavy (non-hydrogen) atoms. The molecule has 0 unspecified atom stereocenters. The number of rotatable bonds is 3. The van der Waals surface area contributed by atoms with Crippen molar-refractivity contribution in [3.8, 4) is 0 Å². The molecule has 1 fully saturated rings. The molecule has 2 rings (SSSR count). The van der Waals surface area contributed by atoms with Gasteiger partial charge in [0.05, 0.1) is 5.02 Å². The third-order valence-corrected chi connectivity index (χ3v) is 6.70. The summed E-state index contributed by atoms with van der Waals surface area (Å²) in [4.78, 5) is 0.124. The Morgan fingerprint density at radius 2 is 2.00 bits per heavy atom. The van der Waals surface area contributed by atoms with Crippen LogP contribution in [0.1, 0.15) is 12.8 Å². The Morgan fingerprint density at radius 1 is 1.37 bits per heavy atom. The van der Waals surface area contributed by atoms with Crippen molar-refractivity contribution in [1.29, 1.82) is 0 Å². The summed E-state index contributed by atoms with van der Waals surface area (Å²) in [7, 11) is -3.58. The van der Waals surface area contributed by atoms with Crippen molar-refractivity contribution in [3.05, 3.63) is 27.7 Å². The van der Waals surface area contributed by atoms with Gasteiger partial charge in [-0.2, -0.15) is 4.31 Å². The molecule has 4 nitrogen and oxygen atoms in total. The second-order valence-electron chi connectivity index (χ2n) is 4.58. The number of aliphatic hydroxyl groups excluding tert-OH is 1. The smallest absolute Gasteiger partial charge is 0.245 e. The van der Waals surface area contributed by atoms with Crippen LogP contribution < -0.4 is 0 Å². The summed E-state index contributed by atoms with van der Waals surface area (Å²) in [5, 5.41) is 9.31. The number of aliphatic hydroxyl groups is 1. The molecule has 0 atom stereocenters. The van der Waals surface area contributed by atoms with Crippen molar-refractivity contribution in [2.45, 2.75) is 17.7 Å². The number of benzene rings is 1. The van der Waals surface area contributed by atoms with Gasteiger partial charge >= 0.3 is 0 Å². The van der Waals surface area contributed by atoms with E-state index in [1.165, 1.54) is 4.31 Å². The SMILES string of the molecule is O=S(=O)(c1c(Cl)cccc1Br)N1CCC(CO)CC1. The van der Waals surface area contributed by atoms with Crippen molar-refractivity contribution in [2.75, 3.05) is 19.7 Å². The molecule has 0 radical (unpaired) electrons. The number of hydrogen-bond acceptors (Lipinski definition) is 3. The van der Waals surface area contributed by atoms with Crippen LogP contribution in [0.2, 0.25) is 5.02 Å². The van der Waals surface area contributed by atoms with E-state index in [1.54, 1.807) is 18.2 Å². The highest BCUT2D eigenvalue weighted by Crippen LogP contribution is 2.33. The van der Waals surface area contributed by atoms with Gasteiger partial charge in [0.15, 0.2) is 0 Å². The normalized spacial score (nSPS) is 18.7. The quantitative estimate of drug-likeness (QED) is 0.892. The molecule has 1 aliphatic heterocycles. The van der Waals surface area contributed by atoms with Gasteiger partial charge in [0, 0.05) is 24.2 Å². The fourth-order valence-electron chi connectivity index (χ4n) is 2.19. The molecule has 7 heteroatoms. The first-order chi connectivity index (χ1) is 8.96. The van der Waals surface area contributed by atoms with Gasteiger partial charge in [-0.05, 0) is 46.8 Å². The fourth-order valence-corrected chi connectivity index (χ4v) is 5.33. The molecule has 0 aromatic heterocycles. The molecule has 1 saturated heterocycles. The van der Waals surface area contributed by atoms with E-state index in [0.29, 0.717) is 30.4 Å². The Hall–Kier alpha value is -0.140. The molecular weight excluding hydrogens is 354 g/mol. The van der Waals surface area contributed by atoms with Crippen molar-refractivity contribution in [1.82, 2.24) is 4.31 Å². The zero-order chi connectivity index (χ0) is 14.0. The molecule has 1 N–H and O–H groups in total. The predicted molar refractivity (Wildman–Crippen MR) is 77.7 cm³/mol. The Balaban J connectivity index is 2.29. The number of sulfonamides is 1. The summed E-state index contributed by atoms with van der Waals surface area (Å²) in [6.07, 6.45) is 1.36. The van der Waals surface area contributed by atoms with Gasteiger partial charge < -0.3 is 5.11 Å². The van der Waals surface area contributed by atoms with E-state index in [4.69, 9.17) is 16.7 Å². The van der Waals surface area contributed by atoms with E-state index in [2.05, 4.69) is 15.9 Å².